The van der Waals surface area contributed by atoms with Crippen LogP contribution in [0.25, 0.3) is 0 Å². The van der Waals surface area contributed by atoms with Gasteiger partial charge in [0.25, 0.3) is 10.0 Å². The zero-order valence-corrected chi connectivity index (χ0v) is 20.3. The quantitative estimate of drug-likeness (QED) is 0.533. The molecule has 0 amide bonds. The zero-order valence-electron chi connectivity index (χ0n) is 17.9. The van der Waals surface area contributed by atoms with Crippen molar-refractivity contribution in [1.29, 1.82) is 0 Å². The summed E-state index contributed by atoms with van der Waals surface area (Å²) in [6, 6.07) is 19.7. The van der Waals surface area contributed by atoms with Crippen molar-refractivity contribution >= 4 is 43.0 Å². The van der Waals surface area contributed by atoms with Gasteiger partial charge in [-0.15, -0.1) is 0 Å². The Balaban J connectivity index is 1.80. The number of rotatable bonds is 6. The van der Waals surface area contributed by atoms with Crippen LogP contribution in [0.3, 0.4) is 0 Å². The van der Waals surface area contributed by atoms with Gasteiger partial charge in [-0.1, -0.05) is 48.0 Å². The summed E-state index contributed by atoms with van der Waals surface area (Å²) in [5.41, 5.74) is 3.35. The first-order valence-corrected chi connectivity index (χ1v) is 13.8. The highest BCUT2D eigenvalue weighted by Crippen LogP contribution is 2.38. The predicted molar refractivity (Wildman–Crippen MR) is 130 cm³/mol. The first kappa shape index (κ1) is 23.3. The second-order valence-electron chi connectivity index (χ2n) is 7.81. The Bertz CT molecular complexity index is 1440. The molecule has 1 N–H and O–H groups in total. The highest BCUT2D eigenvalue weighted by molar-refractivity contribution is 7.92. The number of nitrogens with zero attached hydrogens (tertiary/aromatic N) is 2. The van der Waals surface area contributed by atoms with Gasteiger partial charge in [-0.3, -0.25) is 4.72 Å². The topological polar surface area (TPSA) is 95.9 Å². The lowest BCUT2D eigenvalue weighted by atomic mass is 9.96. The second-order valence-corrected chi connectivity index (χ2v) is 11.8. The third kappa shape index (κ3) is 5.05. The van der Waals surface area contributed by atoms with Crippen molar-refractivity contribution in [3.8, 4) is 0 Å². The van der Waals surface area contributed by atoms with Crippen LogP contribution in [0.5, 0.6) is 0 Å². The molecule has 3 aromatic carbocycles. The van der Waals surface area contributed by atoms with Crippen LogP contribution in [0.15, 0.2) is 82.8 Å². The van der Waals surface area contributed by atoms with E-state index in [1.807, 2.05) is 31.2 Å². The van der Waals surface area contributed by atoms with Gasteiger partial charge in [0.05, 0.1) is 22.9 Å². The van der Waals surface area contributed by atoms with Crippen LogP contribution in [0.2, 0.25) is 5.02 Å². The number of aryl methyl sites for hydroxylation is 1. The molecule has 0 fully saturated rings. The molecule has 0 bridgehead atoms. The summed E-state index contributed by atoms with van der Waals surface area (Å²) in [5.74, 6) is 0. The molecule has 1 atom stereocenters. The summed E-state index contributed by atoms with van der Waals surface area (Å²) < 4.78 is 54.0. The molecular weight excluding hydrogens is 482 g/mol. The lowest BCUT2D eigenvalue weighted by Gasteiger charge is -2.24. The van der Waals surface area contributed by atoms with Crippen LogP contribution in [0.1, 0.15) is 29.2 Å². The van der Waals surface area contributed by atoms with E-state index < -0.39 is 26.1 Å². The number of sulfonamides is 2. The number of benzene rings is 3. The van der Waals surface area contributed by atoms with E-state index in [4.69, 9.17) is 11.6 Å². The van der Waals surface area contributed by atoms with E-state index >= 15 is 0 Å². The zero-order chi connectivity index (χ0) is 23.8. The largest absolute Gasteiger partial charge is 0.284 e. The van der Waals surface area contributed by atoms with E-state index in [-0.39, 0.29) is 4.90 Å². The third-order valence-corrected chi connectivity index (χ3v) is 7.83. The second kappa shape index (κ2) is 8.81. The minimum atomic E-state index is -3.97. The smallest absolute Gasteiger partial charge is 0.279 e. The van der Waals surface area contributed by atoms with Crippen LogP contribution in [0.4, 0.5) is 5.69 Å². The Kier molecular flexibility index (Phi) is 6.22. The van der Waals surface area contributed by atoms with Gasteiger partial charge in [-0.2, -0.15) is 17.9 Å². The van der Waals surface area contributed by atoms with Gasteiger partial charge in [0, 0.05) is 17.1 Å². The predicted octanol–water partition coefficient (Wildman–Crippen LogP) is 4.56. The van der Waals surface area contributed by atoms with E-state index in [1.165, 1.54) is 24.3 Å². The fourth-order valence-corrected chi connectivity index (χ4v) is 5.87. The molecule has 4 rings (SSSR count). The van der Waals surface area contributed by atoms with Crippen molar-refractivity contribution < 1.29 is 16.8 Å². The summed E-state index contributed by atoms with van der Waals surface area (Å²) >= 11 is 5.95. The van der Waals surface area contributed by atoms with Gasteiger partial charge < -0.3 is 0 Å². The van der Waals surface area contributed by atoms with Crippen LogP contribution >= 0.6 is 11.6 Å². The molecule has 0 radical (unpaired) electrons. The van der Waals surface area contributed by atoms with Crippen molar-refractivity contribution in [2.24, 2.45) is 5.10 Å². The van der Waals surface area contributed by atoms with Gasteiger partial charge in [0.15, 0.2) is 0 Å². The van der Waals surface area contributed by atoms with Gasteiger partial charge in [-0.05, 0) is 60.0 Å². The van der Waals surface area contributed by atoms with E-state index in [1.54, 1.807) is 24.3 Å². The van der Waals surface area contributed by atoms with E-state index in [9.17, 15) is 16.8 Å². The molecule has 0 aliphatic carbocycles. The Morgan fingerprint density at radius 2 is 1.67 bits per heavy atom. The molecule has 1 heterocycles. The van der Waals surface area contributed by atoms with Crippen molar-refractivity contribution in [3.05, 3.63) is 94.5 Å². The lowest BCUT2D eigenvalue weighted by molar-refractivity contribution is 0.370. The van der Waals surface area contributed by atoms with E-state index in [0.717, 1.165) is 21.8 Å². The van der Waals surface area contributed by atoms with Gasteiger partial charge >= 0.3 is 0 Å². The van der Waals surface area contributed by atoms with Gasteiger partial charge in [0.1, 0.15) is 0 Å². The van der Waals surface area contributed by atoms with E-state index in [2.05, 4.69) is 9.82 Å². The molecule has 0 spiro atoms. The first-order chi connectivity index (χ1) is 15.5. The molecule has 3 aromatic rings. The number of halogens is 1. The molecule has 0 aromatic heterocycles. The van der Waals surface area contributed by atoms with Crippen molar-refractivity contribution in [2.45, 2.75) is 24.3 Å². The Labute approximate surface area is 198 Å². The minimum Gasteiger partial charge on any atom is -0.284 e. The normalized spacial score (nSPS) is 16.5. The Hall–Kier alpha value is -2.88. The highest BCUT2D eigenvalue weighted by atomic mass is 35.5. The van der Waals surface area contributed by atoms with Crippen LogP contribution in [-0.2, 0) is 20.0 Å². The van der Waals surface area contributed by atoms with Gasteiger partial charge in [0.2, 0.25) is 10.0 Å². The molecule has 1 aliphatic heterocycles. The summed E-state index contributed by atoms with van der Waals surface area (Å²) in [6.45, 7) is 1.93. The van der Waals surface area contributed by atoms with Crippen LogP contribution in [-0.4, -0.2) is 33.2 Å². The maximum atomic E-state index is 13.6. The monoisotopic (exact) mass is 503 g/mol. The molecular formula is C23H22ClN3O4S2. The summed E-state index contributed by atoms with van der Waals surface area (Å²) in [5, 5.41) is 4.95. The molecule has 172 valence electrons. The number of nitrogens with one attached hydrogen (secondary N) is 1. The summed E-state index contributed by atoms with van der Waals surface area (Å²) in [7, 11) is -7.43. The maximum Gasteiger partial charge on any atom is 0.279 e. The van der Waals surface area contributed by atoms with Crippen molar-refractivity contribution in [1.82, 2.24) is 4.41 Å². The summed E-state index contributed by atoms with van der Waals surface area (Å²) in [6.07, 6.45) is 1.40. The number of hydrazone groups is 1. The average molecular weight is 504 g/mol. The van der Waals surface area contributed by atoms with E-state index in [0.29, 0.717) is 28.4 Å². The fourth-order valence-electron chi connectivity index (χ4n) is 3.77. The molecule has 0 saturated heterocycles. The number of hydrogen-bond donors (Lipinski definition) is 1. The van der Waals surface area contributed by atoms with Crippen molar-refractivity contribution in [2.75, 3.05) is 11.0 Å². The highest BCUT2D eigenvalue weighted by Gasteiger charge is 2.38. The van der Waals surface area contributed by atoms with Crippen LogP contribution in [0, 0.1) is 6.92 Å². The van der Waals surface area contributed by atoms with Crippen molar-refractivity contribution in [3.63, 3.8) is 0 Å². The molecule has 7 nitrogen and oxygen atoms in total. The lowest BCUT2D eigenvalue weighted by Crippen LogP contribution is -2.27. The SMILES string of the molecule is Cc1ccccc1C1CC(c2cccc(NS(C)(=O)=O)c2)=NN1S(=O)(=O)c1ccc(Cl)cc1. The fraction of sp³-hybridized carbons (Fsp3) is 0.174. The summed E-state index contributed by atoms with van der Waals surface area (Å²) in [4.78, 5) is 0.0861. The first-order valence-electron chi connectivity index (χ1n) is 10.1. The Morgan fingerprint density at radius 3 is 2.33 bits per heavy atom. The standard InChI is InChI=1S/C23H22ClN3O4S2/c1-16-6-3-4-9-21(16)23-15-22(17-7-5-8-19(14-17)26-32(2,28)29)25-27(23)33(30,31)20-12-10-18(24)11-13-20/h3-14,23,26H,15H2,1-2H3. The molecule has 10 heteroatoms. The molecule has 0 saturated carbocycles. The number of anilines is 1. The third-order valence-electron chi connectivity index (χ3n) is 5.28. The average Bonchev–Trinajstić information content (AvgIpc) is 3.20. The Morgan fingerprint density at radius 1 is 0.970 bits per heavy atom. The maximum absolute atomic E-state index is 13.6. The molecule has 1 aliphatic rings. The minimum absolute atomic E-state index is 0.0861. The number of hydrogen-bond acceptors (Lipinski definition) is 5. The molecule has 33 heavy (non-hydrogen) atoms. The van der Waals surface area contributed by atoms with Gasteiger partial charge in [-0.25, -0.2) is 8.42 Å². The molecule has 1 unspecified atom stereocenters. The van der Waals surface area contributed by atoms with Crippen LogP contribution < -0.4 is 4.72 Å².